The molecule has 190 valence electrons. The van der Waals surface area contributed by atoms with Gasteiger partial charge in [0.25, 0.3) is 5.91 Å². The van der Waals surface area contributed by atoms with E-state index in [4.69, 9.17) is 11.6 Å². The first-order valence-electron chi connectivity index (χ1n) is 11.6. The number of hydrogen-bond donors (Lipinski definition) is 2. The SMILES string of the molecule is Cc1cc(Cl)ccc1NCc1nnc(SCC(=O)NN=Cc2ccc(N(C)C)cc2)n1-c1ccccc1. The zero-order valence-corrected chi connectivity index (χ0v) is 22.4. The number of aryl methyl sites for hydroxylation is 1. The van der Waals surface area contributed by atoms with Crippen molar-refractivity contribution in [1.29, 1.82) is 0 Å². The van der Waals surface area contributed by atoms with Crippen molar-refractivity contribution in [2.24, 2.45) is 5.10 Å². The molecule has 0 unspecified atom stereocenters. The second kappa shape index (κ2) is 12.4. The summed E-state index contributed by atoms with van der Waals surface area (Å²) in [7, 11) is 3.97. The van der Waals surface area contributed by atoms with E-state index in [1.54, 1.807) is 6.21 Å². The molecule has 0 saturated carbocycles. The fourth-order valence-electron chi connectivity index (χ4n) is 3.54. The minimum atomic E-state index is -0.231. The van der Waals surface area contributed by atoms with Crippen LogP contribution in [0.1, 0.15) is 17.0 Å². The molecule has 1 amide bonds. The highest BCUT2D eigenvalue weighted by Gasteiger charge is 2.16. The van der Waals surface area contributed by atoms with Gasteiger partial charge in [0, 0.05) is 36.2 Å². The minimum Gasteiger partial charge on any atom is -0.378 e. The quantitative estimate of drug-likeness (QED) is 0.166. The summed E-state index contributed by atoms with van der Waals surface area (Å²) in [6.07, 6.45) is 1.62. The molecule has 0 atom stereocenters. The van der Waals surface area contributed by atoms with E-state index in [1.165, 1.54) is 11.8 Å². The van der Waals surface area contributed by atoms with E-state index in [9.17, 15) is 4.79 Å². The Labute approximate surface area is 225 Å². The zero-order chi connectivity index (χ0) is 26.2. The first kappa shape index (κ1) is 26.2. The van der Waals surface area contributed by atoms with Crippen molar-refractivity contribution in [2.75, 3.05) is 30.1 Å². The Morgan fingerprint density at radius 1 is 1.08 bits per heavy atom. The topological polar surface area (TPSA) is 87.4 Å². The third kappa shape index (κ3) is 7.12. The van der Waals surface area contributed by atoms with Crippen molar-refractivity contribution in [1.82, 2.24) is 20.2 Å². The lowest BCUT2D eigenvalue weighted by Gasteiger charge is -2.12. The van der Waals surface area contributed by atoms with Crippen LogP contribution in [0, 0.1) is 6.92 Å². The van der Waals surface area contributed by atoms with E-state index >= 15 is 0 Å². The molecule has 2 N–H and O–H groups in total. The maximum Gasteiger partial charge on any atom is 0.250 e. The number of thioether (sulfide) groups is 1. The molecule has 0 aliphatic rings. The zero-order valence-electron chi connectivity index (χ0n) is 20.9. The molecule has 8 nitrogen and oxygen atoms in total. The van der Waals surface area contributed by atoms with Crippen LogP contribution in [-0.2, 0) is 11.3 Å². The molecule has 10 heteroatoms. The van der Waals surface area contributed by atoms with Crippen molar-refractivity contribution in [2.45, 2.75) is 18.6 Å². The molecule has 1 heterocycles. The molecule has 0 bridgehead atoms. The van der Waals surface area contributed by atoms with Crippen LogP contribution < -0.4 is 15.6 Å². The Bertz CT molecular complexity index is 1370. The van der Waals surface area contributed by atoms with Gasteiger partial charge in [-0.2, -0.15) is 5.10 Å². The molecule has 0 saturated heterocycles. The summed E-state index contributed by atoms with van der Waals surface area (Å²) in [5.74, 6) is 0.638. The van der Waals surface area contributed by atoms with E-state index in [-0.39, 0.29) is 11.7 Å². The van der Waals surface area contributed by atoms with Gasteiger partial charge in [-0.25, -0.2) is 5.43 Å². The van der Waals surface area contributed by atoms with Gasteiger partial charge in [-0.1, -0.05) is 53.7 Å². The van der Waals surface area contributed by atoms with Crippen molar-refractivity contribution in [3.8, 4) is 5.69 Å². The average molecular weight is 534 g/mol. The monoisotopic (exact) mass is 533 g/mol. The maximum absolute atomic E-state index is 12.4. The lowest BCUT2D eigenvalue weighted by atomic mass is 10.2. The number of para-hydroxylation sites is 1. The molecule has 4 rings (SSSR count). The number of rotatable bonds is 10. The number of nitrogens with one attached hydrogen (secondary N) is 2. The van der Waals surface area contributed by atoms with Crippen LogP contribution in [0.15, 0.2) is 83.1 Å². The molecule has 4 aromatic rings. The van der Waals surface area contributed by atoms with E-state index in [1.807, 2.05) is 103 Å². The summed E-state index contributed by atoms with van der Waals surface area (Å²) < 4.78 is 1.95. The Balaban J connectivity index is 1.41. The van der Waals surface area contributed by atoms with Crippen LogP contribution in [0.25, 0.3) is 5.69 Å². The molecular weight excluding hydrogens is 506 g/mol. The number of nitrogens with zero attached hydrogens (tertiary/aromatic N) is 5. The molecule has 0 aliphatic heterocycles. The highest BCUT2D eigenvalue weighted by molar-refractivity contribution is 7.99. The van der Waals surface area contributed by atoms with Crippen molar-refractivity contribution in [3.05, 3.63) is 94.8 Å². The Morgan fingerprint density at radius 2 is 1.84 bits per heavy atom. The summed E-state index contributed by atoms with van der Waals surface area (Å²) in [4.78, 5) is 14.5. The Morgan fingerprint density at radius 3 is 2.54 bits per heavy atom. The highest BCUT2D eigenvalue weighted by atomic mass is 35.5. The number of benzene rings is 3. The standard InChI is InChI=1S/C27H28ClN7OS/c1-19-15-21(28)11-14-24(19)29-17-25-31-33-27(35(25)23-7-5-4-6-8-23)37-18-26(36)32-30-16-20-9-12-22(13-10-20)34(2)3/h4-16,29H,17-18H2,1-3H3,(H,32,36). The van der Waals surface area contributed by atoms with Crippen LogP contribution >= 0.6 is 23.4 Å². The number of anilines is 2. The largest absolute Gasteiger partial charge is 0.378 e. The number of halogens is 1. The lowest BCUT2D eigenvalue weighted by Crippen LogP contribution is -2.20. The van der Waals surface area contributed by atoms with Crippen LogP contribution in [0.5, 0.6) is 0 Å². The van der Waals surface area contributed by atoms with E-state index in [0.717, 1.165) is 34.0 Å². The van der Waals surface area contributed by atoms with Crippen molar-refractivity contribution in [3.63, 3.8) is 0 Å². The third-order valence-electron chi connectivity index (χ3n) is 5.48. The number of carbonyl (C=O) groups is 1. The molecule has 1 aromatic heterocycles. The lowest BCUT2D eigenvalue weighted by molar-refractivity contribution is -0.118. The van der Waals surface area contributed by atoms with Gasteiger partial charge in [-0.15, -0.1) is 10.2 Å². The summed E-state index contributed by atoms with van der Waals surface area (Å²) >= 11 is 7.38. The fourth-order valence-corrected chi connectivity index (χ4v) is 4.53. The normalized spacial score (nSPS) is 11.0. The van der Waals surface area contributed by atoms with Crippen molar-refractivity contribution < 1.29 is 4.79 Å². The Kier molecular flexibility index (Phi) is 8.81. The molecule has 0 spiro atoms. The summed E-state index contributed by atoms with van der Waals surface area (Å²) in [6.45, 7) is 2.45. The van der Waals surface area contributed by atoms with E-state index in [0.29, 0.717) is 16.7 Å². The number of aromatic nitrogens is 3. The third-order valence-corrected chi connectivity index (χ3v) is 6.65. The number of hydrogen-bond acceptors (Lipinski definition) is 7. The van der Waals surface area contributed by atoms with Gasteiger partial charge in [-0.3, -0.25) is 9.36 Å². The number of carbonyl (C=O) groups excluding carboxylic acids is 1. The van der Waals surface area contributed by atoms with Gasteiger partial charge in [0.05, 0.1) is 18.5 Å². The number of hydrazone groups is 1. The van der Waals surface area contributed by atoms with E-state index in [2.05, 4.69) is 26.0 Å². The smallest absolute Gasteiger partial charge is 0.250 e. The van der Waals surface area contributed by atoms with Gasteiger partial charge < -0.3 is 10.2 Å². The molecular formula is C27H28ClN7OS. The molecule has 0 aliphatic carbocycles. The predicted octanol–water partition coefficient (Wildman–Crippen LogP) is 5.15. The van der Waals surface area contributed by atoms with Gasteiger partial charge in [0.15, 0.2) is 11.0 Å². The first-order chi connectivity index (χ1) is 17.9. The molecule has 37 heavy (non-hydrogen) atoms. The average Bonchev–Trinajstić information content (AvgIpc) is 3.30. The van der Waals surface area contributed by atoms with Crippen LogP contribution in [0.4, 0.5) is 11.4 Å². The molecule has 0 radical (unpaired) electrons. The van der Waals surface area contributed by atoms with Gasteiger partial charge in [0.2, 0.25) is 0 Å². The van der Waals surface area contributed by atoms with Crippen molar-refractivity contribution >= 4 is 46.9 Å². The van der Waals surface area contributed by atoms with Crippen LogP contribution in [0.2, 0.25) is 5.02 Å². The Hall–Kier alpha value is -3.82. The highest BCUT2D eigenvalue weighted by Crippen LogP contribution is 2.24. The summed E-state index contributed by atoms with van der Waals surface area (Å²) in [5, 5.41) is 17.5. The van der Waals surface area contributed by atoms with E-state index < -0.39 is 0 Å². The molecule has 3 aromatic carbocycles. The van der Waals surface area contributed by atoms with Gasteiger partial charge in [-0.05, 0) is 60.5 Å². The van der Waals surface area contributed by atoms with Gasteiger partial charge in [0.1, 0.15) is 0 Å². The number of amides is 1. The second-order valence-electron chi connectivity index (χ2n) is 8.45. The second-order valence-corrected chi connectivity index (χ2v) is 9.83. The molecule has 0 fully saturated rings. The maximum atomic E-state index is 12.4. The van der Waals surface area contributed by atoms with Crippen LogP contribution in [-0.4, -0.2) is 46.7 Å². The predicted molar refractivity (Wildman–Crippen MR) is 152 cm³/mol. The van der Waals surface area contributed by atoms with Gasteiger partial charge >= 0.3 is 0 Å². The summed E-state index contributed by atoms with van der Waals surface area (Å²) in [5.41, 5.74) is 7.50. The minimum absolute atomic E-state index is 0.144. The first-order valence-corrected chi connectivity index (χ1v) is 13.0. The van der Waals surface area contributed by atoms with Crippen LogP contribution in [0.3, 0.4) is 0 Å². The fraction of sp³-hybridized carbons (Fsp3) is 0.185. The summed E-state index contributed by atoms with van der Waals surface area (Å²) in [6, 6.07) is 23.4.